The fraction of sp³-hybridized carbons (Fsp3) is 0.250. The summed E-state index contributed by atoms with van der Waals surface area (Å²) in [6, 6.07) is 15.3. The number of nitrogens with zero attached hydrogens (tertiary/aromatic N) is 1. The number of rotatable bonds is 4. The molecule has 0 bridgehead atoms. The third-order valence-corrected chi connectivity index (χ3v) is 7.39. The van der Waals surface area contributed by atoms with Gasteiger partial charge in [0.25, 0.3) is 0 Å². The van der Waals surface area contributed by atoms with Crippen LogP contribution in [0.1, 0.15) is 26.7 Å². The van der Waals surface area contributed by atoms with Crippen molar-refractivity contribution in [2.45, 2.75) is 11.5 Å². The van der Waals surface area contributed by atoms with Crippen LogP contribution in [0.5, 0.6) is 5.75 Å². The van der Waals surface area contributed by atoms with Gasteiger partial charge in [0, 0.05) is 23.7 Å². The summed E-state index contributed by atoms with van der Waals surface area (Å²) in [6.45, 7) is 0.484. The molecule has 1 saturated heterocycles. The predicted octanol–water partition coefficient (Wildman–Crippen LogP) is 4.27. The number of halogens is 1. The lowest BCUT2D eigenvalue weighted by molar-refractivity contribution is -0.126. The van der Waals surface area contributed by atoms with E-state index in [1.54, 1.807) is 31.4 Å². The third-order valence-electron chi connectivity index (χ3n) is 6.50. The second-order valence-electron chi connectivity index (χ2n) is 7.99. The first-order chi connectivity index (χ1) is 15.0. The number of ketones is 1. The smallest absolute Gasteiger partial charge is 0.250 e. The second kappa shape index (κ2) is 7.28. The van der Waals surface area contributed by atoms with Crippen molar-refractivity contribution in [1.82, 2.24) is 4.90 Å². The van der Waals surface area contributed by atoms with Gasteiger partial charge in [-0.05, 0) is 54.4 Å². The van der Waals surface area contributed by atoms with E-state index in [2.05, 4.69) is 5.32 Å². The van der Waals surface area contributed by atoms with Gasteiger partial charge in [0.05, 0.1) is 17.9 Å². The normalized spacial score (nSPS) is 24.9. The zero-order chi connectivity index (χ0) is 21.8. The summed E-state index contributed by atoms with van der Waals surface area (Å²) in [4.78, 5) is 30.0. The minimum atomic E-state index is -1.18. The van der Waals surface area contributed by atoms with Crippen LogP contribution in [0.4, 0.5) is 10.1 Å². The average Bonchev–Trinajstić information content (AvgIpc) is 3.47. The van der Waals surface area contributed by atoms with Crippen molar-refractivity contribution in [3.63, 3.8) is 0 Å². The molecule has 0 unspecified atom stereocenters. The Morgan fingerprint density at radius 1 is 1.23 bits per heavy atom. The highest BCUT2D eigenvalue weighted by Crippen LogP contribution is 2.56. The van der Waals surface area contributed by atoms with E-state index in [4.69, 9.17) is 4.74 Å². The van der Waals surface area contributed by atoms with Crippen LogP contribution in [0.2, 0.25) is 0 Å². The Kier molecular flexibility index (Phi) is 4.68. The van der Waals surface area contributed by atoms with E-state index < -0.39 is 11.5 Å². The Morgan fingerprint density at radius 3 is 2.68 bits per heavy atom. The molecule has 158 valence electrons. The van der Waals surface area contributed by atoms with Gasteiger partial charge in [0.1, 0.15) is 17.1 Å². The first-order valence-corrected chi connectivity index (χ1v) is 10.9. The topological polar surface area (TPSA) is 58.6 Å². The number of likely N-dealkylation sites (N-methyl/N-ethyl adjacent to an activating group) is 1. The molecule has 0 saturated carbocycles. The van der Waals surface area contributed by atoms with Crippen LogP contribution in [0.3, 0.4) is 0 Å². The lowest BCUT2D eigenvalue weighted by Gasteiger charge is -2.35. The van der Waals surface area contributed by atoms with E-state index in [-0.39, 0.29) is 23.4 Å². The van der Waals surface area contributed by atoms with Crippen molar-refractivity contribution in [2.75, 3.05) is 26.0 Å². The highest BCUT2D eigenvalue weighted by Gasteiger charge is 2.64. The maximum Gasteiger partial charge on any atom is 0.250 e. The molecule has 1 spiro atoms. The highest BCUT2D eigenvalue weighted by molar-refractivity contribution is 7.12. The van der Waals surface area contributed by atoms with Gasteiger partial charge in [-0.25, -0.2) is 4.39 Å². The van der Waals surface area contributed by atoms with Gasteiger partial charge in [0.2, 0.25) is 5.91 Å². The summed E-state index contributed by atoms with van der Waals surface area (Å²) >= 11 is 1.37. The first kappa shape index (κ1) is 19.9. The van der Waals surface area contributed by atoms with Crippen LogP contribution in [0.15, 0.2) is 60.0 Å². The third kappa shape index (κ3) is 2.84. The molecule has 1 aromatic heterocycles. The van der Waals surface area contributed by atoms with Gasteiger partial charge in [-0.2, -0.15) is 0 Å². The summed E-state index contributed by atoms with van der Waals surface area (Å²) in [5, 5.41) is 4.84. The van der Waals surface area contributed by atoms with E-state index in [1.807, 2.05) is 35.5 Å². The van der Waals surface area contributed by atoms with Crippen molar-refractivity contribution < 1.29 is 18.7 Å². The summed E-state index contributed by atoms with van der Waals surface area (Å²) in [5.74, 6) is -0.967. The highest BCUT2D eigenvalue weighted by atomic mass is 32.1. The Morgan fingerprint density at radius 2 is 2.00 bits per heavy atom. The number of fused-ring (bicyclic) bond motifs is 2. The molecule has 1 amide bonds. The standard InChI is InChI=1S/C24H21FN2O3S/c1-27-13-17(14-5-7-15(25)8-6-14)21(22(28)20-4-3-11-31-20)24(27)18-12-16(30-2)9-10-19(18)26-23(24)29/h3-12,17,21H,13H2,1-2H3,(H,26,29)/t17-,21+,24+/m0/s1. The minimum absolute atomic E-state index is 0.0838. The second-order valence-corrected chi connectivity index (χ2v) is 8.94. The Balaban J connectivity index is 1.73. The van der Waals surface area contributed by atoms with Crippen LogP contribution in [0.25, 0.3) is 0 Å². The van der Waals surface area contributed by atoms with Crippen molar-refractivity contribution in [1.29, 1.82) is 0 Å². The lowest BCUT2D eigenvalue weighted by Crippen LogP contribution is -2.51. The van der Waals surface area contributed by atoms with Gasteiger partial charge in [0.15, 0.2) is 5.78 Å². The van der Waals surface area contributed by atoms with E-state index in [9.17, 15) is 14.0 Å². The van der Waals surface area contributed by atoms with Crippen LogP contribution >= 0.6 is 11.3 Å². The predicted molar refractivity (Wildman–Crippen MR) is 117 cm³/mol. The fourth-order valence-electron chi connectivity index (χ4n) is 5.13. The summed E-state index contributed by atoms with van der Waals surface area (Å²) in [6.07, 6.45) is 0. The van der Waals surface area contributed by atoms with Crippen LogP contribution in [-0.2, 0) is 10.3 Å². The lowest BCUT2D eigenvalue weighted by atomic mass is 9.71. The Hall–Kier alpha value is -3.03. The van der Waals surface area contributed by atoms with E-state index in [0.717, 1.165) is 11.1 Å². The van der Waals surface area contributed by atoms with E-state index in [1.165, 1.54) is 23.5 Å². The number of likely N-dealkylation sites (tertiary alicyclic amines) is 1. The van der Waals surface area contributed by atoms with Gasteiger partial charge in [-0.3, -0.25) is 14.5 Å². The molecule has 2 aliphatic heterocycles. The number of methoxy groups -OCH3 is 1. The van der Waals surface area contributed by atoms with Crippen molar-refractivity contribution in [3.05, 3.63) is 81.8 Å². The zero-order valence-corrected chi connectivity index (χ0v) is 17.9. The molecule has 2 aromatic carbocycles. The zero-order valence-electron chi connectivity index (χ0n) is 17.1. The van der Waals surface area contributed by atoms with Crippen LogP contribution in [0, 0.1) is 11.7 Å². The molecule has 0 radical (unpaired) electrons. The van der Waals surface area contributed by atoms with Crippen molar-refractivity contribution in [2.24, 2.45) is 5.92 Å². The molecule has 5 nitrogen and oxygen atoms in total. The van der Waals surface area contributed by atoms with E-state index in [0.29, 0.717) is 22.9 Å². The number of hydrogen-bond acceptors (Lipinski definition) is 5. The number of Topliss-reactive ketones (excluding diaryl/α,β-unsaturated/α-hetero) is 1. The molecule has 0 aliphatic carbocycles. The molecule has 7 heteroatoms. The van der Waals surface area contributed by atoms with Gasteiger partial charge >= 0.3 is 0 Å². The monoisotopic (exact) mass is 436 g/mol. The van der Waals surface area contributed by atoms with Crippen LogP contribution in [-0.4, -0.2) is 37.3 Å². The number of carbonyl (C=O) groups is 2. The fourth-order valence-corrected chi connectivity index (χ4v) is 5.83. The largest absolute Gasteiger partial charge is 0.497 e. The van der Waals surface area contributed by atoms with Gasteiger partial charge in [-0.15, -0.1) is 11.3 Å². The molecule has 31 heavy (non-hydrogen) atoms. The first-order valence-electron chi connectivity index (χ1n) is 10.0. The Labute approximate surface area is 183 Å². The van der Waals surface area contributed by atoms with Crippen molar-refractivity contribution >= 4 is 28.7 Å². The number of nitrogens with one attached hydrogen (secondary N) is 1. The molecule has 5 rings (SSSR count). The minimum Gasteiger partial charge on any atom is -0.497 e. The number of thiophene rings is 1. The maximum atomic E-state index is 13.9. The summed E-state index contributed by atoms with van der Waals surface area (Å²) in [5.41, 5.74) is 1.08. The molecule has 1 N–H and O–H groups in total. The van der Waals surface area contributed by atoms with E-state index >= 15 is 0 Å². The number of ether oxygens (including phenoxy) is 1. The molecule has 3 aromatic rings. The average molecular weight is 437 g/mol. The number of carbonyl (C=O) groups excluding carboxylic acids is 2. The van der Waals surface area contributed by atoms with Crippen molar-refractivity contribution in [3.8, 4) is 5.75 Å². The molecule has 2 aliphatic rings. The molecule has 3 heterocycles. The number of benzene rings is 2. The molecule has 1 fully saturated rings. The maximum absolute atomic E-state index is 13.9. The molecular weight excluding hydrogens is 415 g/mol. The molecule has 3 atom stereocenters. The van der Waals surface area contributed by atoms with Crippen LogP contribution < -0.4 is 10.1 Å². The number of anilines is 1. The molecular formula is C24H21FN2O3S. The quantitative estimate of drug-likeness (QED) is 0.621. The number of amides is 1. The number of hydrogen-bond donors (Lipinski definition) is 1. The Bertz CT molecular complexity index is 1160. The van der Waals surface area contributed by atoms with Gasteiger partial charge < -0.3 is 10.1 Å². The summed E-state index contributed by atoms with van der Waals surface area (Å²) in [7, 11) is 3.44. The van der Waals surface area contributed by atoms with Gasteiger partial charge in [-0.1, -0.05) is 18.2 Å². The summed E-state index contributed by atoms with van der Waals surface area (Å²) < 4.78 is 19.0. The SMILES string of the molecule is COc1ccc2c(c1)[C@]1(C(=O)N2)[C@@H](C(=O)c2cccs2)[C@H](c2ccc(F)cc2)CN1C.